The Hall–Kier alpha value is -0.240. The summed E-state index contributed by atoms with van der Waals surface area (Å²) in [5, 5.41) is 0. The molecule has 0 aromatic rings. The van der Waals surface area contributed by atoms with E-state index in [1.54, 1.807) is 0 Å². The molecule has 0 spiro atoms. The Morgan fingerprint density at radius 3 is 2.27 bits per heavy atom. The summed E-state index contributed by atoms with van der Waals surface area (Å²) in [6, 6.07) is 0. The molecule has 0 aromatic carbocycles. The molecule has 0 aliphatic rings. The smallest absolute Gasteiger partial charge is 0.404 e. The lowest BCUT2D eigenvalue weighted by molar-refractivity contribution is 0.0817. The van der Waals surface area contributed by atoms with E-state index in [0.717, 1.165) is 12.8 Å². The van der Waals surface area contributed by atoms with Crippen molar-refractivity contribution in [3.05, 3.63) is 0 Å². The summed E-state index contributed by atoms with van der Waals surface area (Å²) in [7, 11) is 0. The Bertz CT molecular complexity index is 125. The first kappa shape index (κ1) is 10.8. The largest absolute Gasteiger partial charge is 0.450 e. The van der Waals surface area contributed by atoms with Crippen molar-refractivity contribution in [1.29, 1.82) is 0 Å². The SMILES string of the molecule is CCC(C)C(CC)OC(=O)Cl. The van der Waals surface area contributed by atoms with Crippen molar-refractivity contribution in [3.63, 3.8) is 0 Å². The summed E-state index contributed by atoms with van der Waals surface area (Å²) in [6.45, 7) is 6.10. The van der Waals surface area contributed by atoms with Crippen LogP contribution in [-0.4, -0.2) is 11.5 Å². The van der Waals surface area contributed by atoms with Gasteiger partial charge in [0.2, 0.25) is 0 Å². The highest BCUT2D eigenvalue weighted by Gasteiger charge is 2.16. The van der Waals surface area contributed by atoms with Crippen molar-refractivity contribution in [2.45, 2.75) is 39.7 Å². The van der Waals surface area contributed by atoms with Crippen LogP contribution in [0.25, 0.3) is 0 Å². The summed E-state index contributed by atoms with van der Waals surface area (Å²) in [4.78, 5) is 10.4. The second-order valence-electron chi connectivity index (χ2n) is 2.69. The summed E-state index contributed by atoms with van der Waals surface area (Å²) in [6.07, 6.45) is 1.81. The Morgan fingerprint density at radius 2 is 2.00 bits per heavy atom. The molecule has 66 valence electrons. The lowest BCUT2D eigenvalue weighted by Crippen LogP contribution is -2.21. The normalized spacial score (nSPS) is 15.6. The predicted octanol–water partition coefficient (Wildman–Crippen LogP) is 3.19. The summed E-state index contributed by atoms with van der Waals surface area (Å²) in [5.41, 5.74) is -0.697. The summed E-state index contributed by atoms with van der Waals surface area (Å²) in [5.74, 6) is 0.391. The number of carbonyl (C=O) groups excluding carboxylic acids is 1. The van der Waals surface area contributed by atoms with Crippen LogP contribution in [0.15, 0.2) is 0 Å². The van der Waals surface area contributed by atoms with Gasteiger partial charge in [-0.25, -0.2) is 4.79 Å². The molecule has 0 heterocycles. The van der Waals surface area contributed by atoms with Crippen LogP contribution in [0.4, 0.5) is 4.79 Å². The maximum Gasteiger partial charge on any atom is 0.404 e. The number of ether oxygens (including phenoxy) is 1. The molecule has 0 saturated carbocycles. The number of rotatable bonds is 4. The van der Waals surface area contributed by atoms with E-state index in [4.69, 9.17) is 16.3 Å². The molecule has 11 heavy (non-hydrogen) atoms. The van der Waals surface area contributed by atoms with Crippen LogP contribution in [0, 0.1) is 5.92 Å². The molecule has 0 aliphatic carbocycles. The highest BCUT2D eigenvalue weighted by molar-refractivity contribution is 6.61. The minimum Gasteiger partial charge on any atom is -0.450 e. The topological polar surface area (TPSA) is 26.3 Å². The molecular weight excluding hydrogens is 164 g/mol. The molecular formula is C8H15ClO2. The lowest BCUT2D eigenvalue weighted by atomic mass is 10.00. The van der Waals surface area contributed by atoms with Crippen LogP contribution in [0.1, 0.15) is 33.6 Å². The van der Waals surface area contributed by atoms with Gasteiger partial charge in [-0.05, 0) is 12.3 Å². The number of hydrogen-bond acceptors (Lipinski definition) is 2. The zero-order chi connectivity index (χ0) is 8.85. The third kappa shape index (κ3) is 4.25. The van der Waals surface area contributed by atoms with Gasteiger partial charge in [-0.2, -0.15) is 0 Å². The second kappa shape index (κ2) is 5.42. The van der Waals surface area contributed by atoms with Gasteiger partial charge in [-0.1, -0.05) is 27.2 Å². The van der Waals surface area contributed by atoms with Gasteiger partial charge in [0.1, 0.15) is 6.10 Å². The van der Waals surface area contributed by atoms with Crippen molar-refractivity contribution < 1.29 is 9.53 Å². The van der Waals surface area contributed by atoms with Crippen LogP contribution in [0.5, 0.6) is 0 Å². The van der Waals surface area contributed by atoms with Crippen LogP contribution in [-0.2, 0) is 4.74 Å². The number of hydrogen-bond donors (Lipinski definition) is 0. The Morgan fingerprint density at radius 1 is 1.45 bits per heavy atom. The highest BCUT2D eigenvalue weighted by Crippen LogP contribution is 2.15. The third-order valence-electron chi connectivity index (χ3n) is 1.93. The maximum atomic E-state index is 10.4. The first-order valence-corrected chi connectivity index (χ1v) is 4.35. The number of halogens is 1. The molecule has 0 saturated heterocycles. The zero-order valence-electron chi connectivity index (χ0n) is 7.26. The Balaban J connectivity index is 3.84. The molecule has 2 unspecified atom stereocenters. The average Bonchev–Trinajstić information content (AvgIpc) is 1.98. The van der Waals surface area contributed by atoms with Gasteiger partial charge in [0.05, 0.1) is 0 Å². The molecule has 0 aliphatic heterocycles. The van der Waals surface area contributed by atoms with E-state index < -0.39 is 5.43 Å². The van der Waals surface area contributed by atoms with E-state index in [1.165, 1.54) is 0 Å². The minimum atomic E-state index is -0.697. The third-order valence-corrected chi connectivity index (χ3v) is 2.01. The van der Waals surface area contributed by atoms with Crippen LogP contribution in [0.3, 0.4) is 0 Å². The first-order chi connectivity index (χ1) is 5.11. The molecule has 0 radical (unpaired) electrons. The van der Waals surface area contributed by atoms with Crippen molar-refractivity contribution in [1.82, 2.24) is 0 Å². The summed E-state index contributed by atoms with van der Waals surface area (Å²) < 4.78 is 4.88. The van der Waals surface area contributed by atoms with E-state index in [1.807, 2.05) is 13.8 Å². The molecule has 0 amide bonds. The number of carbonyl (C=O) groups is 1. The van der Waals surface area contributed by atoms with Crippen molar-refractivity contribution >= 4 is 17.0 Å². The van der Waals surface area contributed by atoms with E-state index >= 15 is 0 Å². The molecule has 0 fully saturated rings. The molecule has 3 heteroatoms. The van der Waals surface area contributed by atoms with Gasteiger partial charge in [-0.15, -0.1) is 0 Å². The standard InChI is InChI=1S/C8H15ClO2/c1-4-6(3)7(5-2)11-8(9)10/h6-7H,4-5H2,1-3H3. The van der Waals surface area contributed by atoms with Crippen molar-refractivity contribution in [2.75, 3.05) is 0 Å². The van der Waals surface area contributed by atoms with E-state index in [2.05, 4.69) is 6.92 Å². The molecule has 2 atom stereocenters. The average molecular weight is 179 g/mol. The van der Waals surface area contributed by atoms with Gasteiger partial charge in [0.15, 0.2) is 0 Å². The van der Waals surface area contributed by atoms with E-state index in [9.17, 15) is 4.79 Å². The van der Waals surface area contributed by atoms with Crippen LogP contribution >= 0.6 is 11.6 Å². The molecule has 0 aromatic heterocycles. The fourth-order valence-corrected chi connectivity index (χ4v) is 1.10. The fourth-order valence-electron chi connectivity index (χ4n) is 0.984. The van der Waals surface area contributed by atoms with E-state index in [-0.39, 0.29) is 6.10 Å². The molecule has 0 rings (SSSR count). The molecule has 0 N–H and O–H groups in total. The molecule has 2 nitrogen and oxygen atoms in total. The van der Waals surface area contributed by atoms with Gasteiger partial charge in [-0.3, -0.25) is 0 Å². The predicted molar refractivity (Wildman–Crippen MR) is 45.9 cm³/mol. The quantitative estimate of drug-likeness (QED) is 0.618. The summed E-state index contributed by atoms with van der Waals surface area (Å²) >= 11 is 5.09. The van der Waals surface area contributed by atoms with Gasteiger partial charge in [0.25, 0.3) is 0 Å². The zero-order valence-corrected chi connectivity index (χ0v) is 8.02. The van der Waals surface area contributed by atoms with Crippen molar-refractivity contribution in [2.24, 2.45) is 5.92 Å². The monoisotopic (exact) mass is 178 g/mol. The van der Waals surface area contributed by atoms with Crippen LogP contribution < -0.4 is 0 Å². The van der Waals surface area contributed by atoms with Gasteiger partial charge >= 0.3 is 5.43 Å². The van der Waals surface area contributed by atoms with Crippen molar-refractivity contribution in [3.8, 4) is 0 Å². The minimum absolute atomic E-state index is 0.0231. The Labute approximate surface area is 72.9 Å². The van der Waals surface area contributed by atoms with Crippen LogP contribution in [0.2, 0.25) is 0 Å². The Kier molecular flexibility index (Phi) is 5.30. The fraction of sp³-hybridized carbons (Fsp3) is 0.875. The first-order valence-electron chi connectivity index (χ1n) is 3.97. The molecule has 0 bridgehead atoms. The van der Waals surface area contributed by atoms with E-state index in [0.29, 0.717) is 5.92 Å². The lowest BCUT2D eigenvalue weighted by Gasteiger charge is -2.19. The highest BCUT2D eigenvalue weighted by atomic mass is 35.5. The maximum absolute atomic E-state index is 10.4. The van der Waals surface area contributed by atoms with Gasteiger partial charge < -0.3 is 4.74 Å². The van der Waals surface area contributed by atoms with Gasteiger partial charge in [0, 0.05) is 11.6 Å². The second-order valence-corrected chi connectivity index (χ2v) is 3.00.